The number of hydrogen-bond acceptors (Lipinski definition) is 2. The lowest BCUT2D eigenvalue weighted by Gasteiger charge is -2.05. The van der Waals surface area contributed by atoms with Crippen LogP contribution in [0.25, 0.3) is 0 Å². The van der Waals surface area contributed by atoms with Crippen molar-refractivity contribution in [1.82, 2.24) is 0 Å². The van der Waals surface area contributed by atoms with Crippen molar-refractivity contribution in [3.63, 3.8) is 0 Å². The molecule has 0 heterocycles. The molecule has 14 heavy (non-hydrogen) atoms. The summed E-state index contributed by atoms with van der Waals surface area (Å²) >= 11 is 3.29. The Morgan fingerprint density at radius 2 is 2.00 bits per heavy atom. The lowest BCUT2D eigenvalue weighted by atomic mass is 10.2. The van der Waals surface area contributed by atoms with Crippen molar-refractivity contribution in [3.8, 4) is 0 Å². The van der Waals surface area contributed by atoms with Gasteiger partial charge in [-0.2, -0.15) is 0 Å². The van der Waals surface area contributed by atoms with E-state index in [1.807, 2.05) is 18.2 Å². The van der Waals surface area contributed by atoms with Crippen LogP contribution in [-0.2, 0) is 9.59 Å². The van der Waals surface area contributed by atoms with Crippen LogP contribution < -0.4 is 5.32 Å². The number of Topliss-reactive ketones (excluding diaryl/α,β-unsaturated/α-hetero) is 1. The normalized spacial score (nSPS) is 9.57. The Morgan fingerprint density at radius 3 is 2.57 bits per heavy atom. The van der Waals surface area contributed by atoms with Gasteiger partial charge < -0.3 is 5.32 Å². The molecule has 0 aliphatic rings. The van der Waals surface area contributed by atoms with Gasteiger partial charge in [0.2, 0.25) is 5.91 Å². The van der Waals surface area contributed by atoms with Crippen molar-refractivity contribution in [2.24, 2.45) is 0 Å². The average Bonchev–Trinajstić information content (AvgIpc) is 2.07. The summed E-state index contributed by atoms with van der Waals surface area (Å²) < 4.78 is 0.803. The van der Waals surface area contributed by atoms with Gasteiger partial charge in [0, 0.05) is 4.47 Å². The molecule has 1 aromatic carbocycles. The van der Waals surface area contributed by atoms with E-state index in [0.29, 0.717) is 5.69 Å². The molecule has 0 saturated carbocycles. The molecule has 0 aliphatic heterocycles. The Labute approximate surface area is 90.6 Å². The second kappa shape index (κ2) is 4.91. The molecule has 0 aliphatic carbocycles. The Bertz CT molecular complexity index is 363. The van der Waals surface area contributed by atoms with Crippen LogP contribution in [0.15, 0.2) is 28.7 Å². The molecule has 0 unspecified atom stereocenters. The molecule has 1 rings (SSSR count). The van der Waals surface area contributed by atoms with Gasteiger partial charge in [-0.15, -0.1) is 0 Å². The molecule has 1 aromatic rings. The van der Waals surface area contributed by atoms with Gasteiger partial charge in [0.05, 0.1) is 12.1 Å². The summed E-state index contributed by atoms with van der Waals surface area (Å²) in [5, 5.41) is 2.63. The predicted octanol–water partition coefficient (Wildman–Crippen LogP) is 2.37. The molecular formula is C10H10BrNO2. The van der Waals surface area contributed by atoms with Gasteiger partial charge in [-0.3, -0.25) is 9.59 Å². The summed E-state index contributed by atoms with van der Waals surface area (Å²) in [5.41, 5.74) is 0.679. The molecule has 0 bridgehead atoms. The maximum Gasteiger partial charge on any atom is 0.231 e. The van der Waals surface area contributed by atoms with E-state index < -0.39 is 0 Å². The molecule has 3 nitrogen and oxygen atoms in total. The largest absolute Gasteiger partial charge is 0.325 e. The molecular weight excluding hydrogens is 246 g/mol. The van der Waals surface area contributed by atoms with E-state index in [0.717, 1.165) is 4.47 Å². The standard InChI is InChI=1S/C10H10BrNO2/c1-7(13)6-10(14)12-9-5-3-2-4-8(9)11/h2-5H,6H2,1H3,(H,12,14). The number of carbonyl (C=O) groups excluding carboxylic acids is 2. The SMILES string of the molecule is CC(=O)CC(=O)Nc1ccccc1Br. The van der Waals surface area contributed by atoms with Crippen LogP contribution in [0.5, 0.6) is 0 Å². The van der Waals surface area contributed by atoms with E-state index >= 15 is 0 Å². The molecule has 0 fully saturated rings. The number of ketones is 1. The van der Waals surface area contributed by atoms with Crippen LogP contribution in [-0.4, -0.2) is 11.7 Å². The Morgan fingerprint density at radius 1 is 1.36 bits per heavy atom. The lowest BCUT2D eigenvalue weighted by molar-refractivity contribution is -0.124. The third kappa shape index (κ3) is 3.30. The van der Waals surface area contributed by atoms with E-state index in [2.05, 4.69) is 21.2 Å². The van der Waals surface area contributed by atoms with E-state index in [1.54, 1.807) is 6.07 Å². The zero-order chi connectivity index (χ0) is 10.6. The monoisotopic (exact) mass is 255 g/mol. The van der Waals surface area contributed by atoms with E-state index in [-0.39, 0.29) is 18.1 Å². The molecule has 0 spiro atoms. The van der Waals surface area contributed by atoms with Gasteiger partial charge in [-0.25, -0.2) is 0 Å². The highest BCUT2D eigenvalue weighted by molar-refractivity contribution is 9.10. The highest BCUT2D eigenvalue weighted by Gasteiger charge is 2.06. The molecule has 0 atom stereocenters. The first-order valence-corrected chi connectivity index (χ1v) is 4.92. The van der Waals surface area contributed by atoms with Crippen LogP contribution in [0.4, 0.5) is 5.69 Å². The van der Waals surface area contributed by atoms with Crippen LogP contribution in [0, 0.1) is 0 Å². The quantitative estimate of drug-likeness (QED) is 0.844. The Hall–Kier alpha value is -1.16. The maximum absolute atomic E-state index is 11.2. The van der Waals surface area contributed by atoms with Crippen LogP contribution >= 0.6 is 15.9 Å². The molecule has 0 saturated heterocycles. The van der Waals surface area contributed by atoms with Crippen molar-refractivity contribution < 1.29 is 9.59 Å². The number of anilines is 1. The van der Waals surface area contributed by atoms with Gasteiger partial charge in [-0.05, 0) is 35.0 Å². The Kier molecular flexibility index (Phi) is 3.83. The molecule has 1 N–H and O–H groups in total. The fourth-order valence-corrected chi connectivity index (χ4v) is 1.37. The molecule has 74 valence electrons. The molecule has 0 radical (unpaired) electrons. The second-order valence-corrected chi connectivity index (χ2v) is 3.76. The number of carbonyl (C=O) groups is 2. The van der Waals surface area contributed by atoms with E-state index in [1.165, 1.54) is 6.92 Å². The highest BCUT2D eigenvalue weighted by Crippen LogP contribution is 2.21. The highest BCUT2D eigenvalue weighted by atomic mass is 79.9. The summed E-state index contributed by atoms with van der Waals surface area (Å²) in [6, 6.07) is 7.25. The smallest absolute Gasteiger partial charge is 0.231 e. The summed E-state index contributed by atoms with van der Waals surface area (Å²) in [5.74, 6) is -0.432. The third-order valence-corrected chi connectivity index (χ3v) is 2.25. The Balaban J connectivity index is 2.65. The second-order valence-electron chi connectivity index (χ2n) is 2.91. The minimum Gasteiger partial charge on any atom is -0.325 e. The number of benzene rings is 1. The van der Waals surface area contributed by atoms with Gasteiger partial charge in [0.15, 0.2) is 0 Å². The lowest BCUT2D eigenvalue weighted by Crippen LogP contribution is -2.14. The number of hydrogen-bond donors (Lipinski definition) is 1. The zero-order valence-corrected chi connectivity index (χ0v) is 9.30. The third-order valence-electron chi connectivity index (χ3n) is 1.56. The number of para-hydroxylation sites is 1. The number of halogens is 1. The van der Waals surface area contributed by atoms with Crippen LogP contribution in [0.2, 0.25) is 0 Å². The average molecular weight is 256 g/mol. The van der Waals surface area contributed by atoms with Crippen molar-refractivity contribution in [2.45, 2.75) is 13.3 Å². The number of nitrogens with one attached hydrogen (secondary N) is 1. The van der Waals surface area contributed by atoms with Crippen molar-refractivity contribution in [2.75, 3.05) is 5.32 Å². The fourth-order valence-electron chi connectivity index (χ4n) is 0.983. The topological polar surface area (TPSA) is 46.2 Å². The van der Waals surface area contributed by atoms with Crippen molar-refractivity contribution in [3.05, 3.63) is 28.7 Å². The molecule has 4 heteroatoms. The van der Waals surface area contributed by atoms with Gasteiger partial charge in [-0.1, -0.05) is 12.1 Å². The van der Waals surface area contributed by atoms with Crippen molar-refractivity contribution >= 4 is 33.3 Å². The first-order valence-electron chi connectivity index (χ1n) is 4.13. The van der Waals surface area contributed by atoms with Gasteiger partial charge in [0.25, 0.3) is 0 Å². The van der Waals surface area contributed by atoms with Crippen LogP contribution in [0.1, 0.15) is 13.3 Å². The summed E-state index contributed by atoms with van der Waals surface area (Å²) in [6.07, 6.45) is -0.0820. The van der Waals surface area contributed by atoms with Gasteiger partial charge in [0.1, 0.15) is 5.78 Å². The summed E-state index contributed by atoms with van der Waals surface area (Å²) in [7, 11) is 0. The van der Waals surface area contributed by atoms with E-state index in [9.17, 15) is 9.59 Å². The minimum atomic E-state index is -0.288. The molecule has 1 amide bonds. The first-order chi connectivity index (χ1) is 6.59. The predicted molar refractivity (Wildman–Crippen MR) is 58.1 cm³/mol. The number of rotatable bonds is 3. The summed E-state index contributed by atoms with van der Waals surface area (Å²) in [4.78, 5) is 21.9. The first kappa shape index (κ1) is 10.9. The zero-order valence-electron chi connectivity index (χ0n) is 7.71. The molecule has 0 aromatic heterocycles. The van der Waals surface area contributed by atoms with Gasteiger partial charge >= 0.3 is 0 Å². The fraction of sp³-hybridized carbons (Fsp3) is 0.200. The summed E-state index contributed by atoms with van der Waals surface area (Å²) in [6.45, 7) is 1.39. The minimum absolute atomic E-state index is 0.0820. The number of amides is 1. The maximum atomic E-state index is 11.2. The van der Waals surface area contributed by atoms with Crippen molar-refractivity contribution in [1.29, 1.82) is 0 Å². The van der Waals surface area contributed by atoms with E-state index in [4.69, 9.17) is 0 Å². The van der Waals surface area contributed by atoms with Crippen LogP contribution in [0.3, 0.4) is 0 Å².